The number of piperazine rings is 1. The molecule has 0 radical (unpaired) electrons. The van der Waals surface area contributed by atoms with E-state index in [1.165, 1.54) is 6.07 Å². The summed E-state index contributed by atoms with van der Waals surface area (Å²) in [7, 11) is 2.12. The lowest BCUT2D eigenvalue weighted by Gasteiger charge is -2.35. The first kappa shape index (κ1) is 23.3. The van der Waals surface area contributed by atoms with Gasteiger partial charge in [-0.15, -0.1) is 0 Å². The second-order valence-corrected chi connectivity index (χ2v) is 8.44. The quantitative estimate of drug-likeness (QED) is 0.562. The van der Waals surface area contributed by atoms with Gasteiger partial charge in [0.25, 0.3) is 0 Å². The summed E-state index contributed by atoms with van der Waals surface area (Å²) in [5, 5.41) is 3.19. The fraction of sp³-hybridized carbons (Fsp3) is 0.360. The summed E-state index contributed by atoms with van der Waals surface area (Å²) in [6.07, 6.45) is 1.56. The number of hydrogen-bond acceptors (Lipinski definition) is 8. The van der Waals surface area contributed by atoms with Crippen molar-refractivity contribution in [2.75, 3.05) is 69.9 Å². The van der Waals surface area contributed by atoms with Crippen molar-refractivity contribution in [2.45, 2.75) is 0 Å². The van der Waals surface area contributed by atoms with E-state index in [0.717, 1.165) is 49.4 Å². The third-order valence-electron chi connectivity index (χ3n) is 5.98. The number of likely N-dealkylation sites (N-methyl/N-ethyl adjacent to an activating group) is 1. The highest BCUT2D eigenvalue weighted by Crippen LogP contribution is 2.34. The summed E-state index contributed by atoms with van der Waals surface area (Å²) in [5.41, 5.74) is 2.57. The number of anilines is 3. The molecule has 184 valence electrons. The van der Waals surface area contributed by atoms with Crippen LogP contribution in [0.4, 0.5) is 26.1 Å². The Morgan fingerprint density at radius 3 is 2.46 bits per heavy atom. The van der Waals surface area contributed by atoms with Gasteiger partial charge in [-0.3, -0.25) is 0 Å². The Labute approximate surface area is 202 Å². The summed E-state index contributed by atoms with van der Waals surface area (Å²) >= 11 is 0. The largest absolute Gasteiger partial charge is 0.489 e. The summed E-state index contributed by atoms with van der Waals surface area (Å²) in [5.74, 6) is -1.20. The maximum atomic E-state index is 14.3. The van der Waals surface area contributed by atoms with Crippen molar-refractivity contribution in [1.29, 1.82) is 0 Å². The standard InChI is InChI=1S/C25H27F2N5O3/c1-31-6-8-32(9-7-31)21-3-2-18-16-22(21)34-12-10-33-11-13-35-23-15-17(14-19(26)24(23)27)20-4-5-28-25(29-18)30-20/h2-5,14-16H,6-13H2,1H3,(H,28,29,30). The maximum absolute atomic E-state index is 14.3. The Hall–Kier alpha value is -3.50. The average Bonchev–Trinajstić information content (AvgIpc) is 2.86. The SMILES string of the molecule is CN1CCN(c2ccc3cc2OCCOCCOc2cc(cc(F)c2F)-c2ccnc(n2)N3)CC1. The number of aromatic nitrogens is 2. The average molecular weight is 484 g/mol. The lowest BCUT2D eigenvalue weighted by molar-refractivity contribution is 0.0753. The molecule has 1 N–H and O–H groups in total. The van der Waals surface area contributed by atoms with Crippen molar-refractivity contribution in [3.05, 3.63) is 54.2 Å². The van der Waals surface area contributed by atoms with E-state index in [0.29, 0.717) is 30.4 Å². The predicted molar refractivity (Wildman–Crippen MR) is 129 cm³/mol. The minimum absolute atomic E-state index is 0.0679. The van der Waals surface area contributed by atoms with E-state index < -0.39 is 11.6 Å². The molecule has 35 heavy (non-hydrogen) atoms. The van der Waals surface area contributed by atoms with Crippen molar-refractivity contribution < 1.29 is 23.0 Å². The molecular formula is C25H27F2N5O3. The topological polar surface area (TPSA) is 72.0 Å². The number of benzene rings is 2. The van der Waals surface area contributed by atoms with Gasteiger partial charge in [0.2, 0.25) is 11.8 Å². The van der Waals surface area contributed by atoms with Gasteiger partial charge in [-0.2, -0.15) is 4.39 Å². The zero-order valence-electron chi connectivity index (χ0n) is 19.5. The minimum Gasteiger partial charge on any atom is -0.489 e. The second kappa shape index (κ2) is 10.4. The van der Waals surface area contributed by atoms with E-state index in [2.05, 4.69) is 32.1 Å². The molecule has 5 rings (SSSR count). The van der Waals surface area contributed by atoms with Crippen LogP contribution in [-0.2, 0) is 4.74 Å². The van der Waals surface area contributed by atoms with Gasteiger partial charge in [0.1, 0.15) is 19.0 Å². The number of nitrogens with zero attached hydrogens (tertiary/aromatic N) is 4. The highest BCUT2D eigenvalue weighted by molar-refractivity contribution is 5.69. The number of rotatable bonds is 1. The van der Waals surface area contributed by atoms with Crippen LogP contribution in [0, 0.1) is 11.6 Å². The third-order valence-corrected chi connectivity index (χ3v) is 5.98. The molecule has 0 aliphatic carbocycles. The van der Waals surface area contributed by atoms with E-state index in [1.54, 1.807) is 12.3 Å². The third kappa shape index (κ3) is 5.44. The molecule has 0 spiro atoms. The molecule has 1 aromatic heterocycles. The number of ether oxygens (including phenoxy) is 3. The van der Waals surface area contributed by atoms with Crippen LogP contribution < -0.4 is 19.7 Å². The number of nitrogens with one attached hydrogen (secondary N) is 1. The minimum atomic E-state index is -1.05. The van der Waals surface area contributed by atoms with Crippen molar-refractivity contribution in [3.8, 4) is 22.8 Å². The first-order valence-corrected chi connectivity index (χ1v) is 11.6. The van der Waals surface area contributed by atoms with Gasteiger partial charge in [-0.05, 0) is 37.4 Å². The Morgan fingerprint density at radius 1 is 0.886 bits per heavy atom. The van der Waals surface area contributed by atoms with Crippen molar-refractivity contribution >= 4 is 17.3 Å². The second-order valence-electron chi connectivity index (χ2n) is 8.44. The molecule has 3 aromatic rings. The predicted octanol–water partition coefficient (Wildman–Crippen LogP) is 3.71. The van der Waals surface area contributed by atoms with Gasteiger partial charge in [0, 0.05) is 49.7 Å². The Kier molecular flexibility index (Phi) is 6.91. The smallest absolute Gasteiger partial charge is 0.227 e. The van der Waals surface area contributed by atoms with Gasteiger partial charge in [-0.1, -0.05) is 0 Å². The van der Waals surface area contributed by atoms with E-state index in [9.17, 15) is 8.78 Å². The summed E-state index contributed by atoms with van der Waals surface area (Å²) < 4.78 is 45.6. The van der Waals surface area contributed by atoms with Crippen LogP contribution in [0.3, 0.4) is 0 Å². The molecule has 0 unspecified atom stereocenters. The number of halogens is 2. The fourth-order valence-electron chi connectivity index (χ4n) is 4.06. The molecule has 1 fully saturated rings. The van der Waals surface area contributed by atoms with Crippen LogP contribution >= 0.6 is 0 Å². The fourth-order valence-corrected chi connectivity index (χ4v) is 4.06. The van der Waals surface area contributed by atoms with Crippen LogP contribution in [0.2, 0.25) is 0 Å². The monoisotopic (exact) mass is 483 g/mol. The van der Waals surface area contributed by atoms with Gasteiger partial charge in [0.15, 0.2) is 11.6 Å². The normalized spacial score (nSPS) is 17.1. The highest BCUT2D eigenvalue weighted by atomic mass is 19.2. The molecule has 0 saturated carbocycles. The zero-order valence-corrected chi connectivity index (χ0v) is 19.5. The molecule has 10 heteroatoms. The molecular weight excluding hydrogens is 456 g/mol. The molecule has 6 bridgehead atoms. The van der Waals surface area contributed by atoms with Crippen molar-refractivity contribution in [3.63, 3.8) is 0 Å². The molecule has 2 aliphatic heterocycles. The van der Waals surface area contributed by atoms with Crippen LogP contribution in [0.25, 0.3) is 11.3 Å². The van der Waals surface area contributed by atoms with Crippen LogP contribution in [0.15, 0.2) is 42.6 Å². The molecule has 1 saturated heterocycles. The molecule has 2 aliphatic rings. The molecule has 0 atom stereocenters. The first-order chi connectivity index (χ1) is 17.1. The highest BCUT2D eigenvalue weighted by Gasteiger charge is 2.19. The summed E-state index contributed by atoms with van der Waals surface area (Å²) in [4.78, 5) is 13.4. The van der Waals surface area contributed by atoms with Gasteiger partial charge < -0.3 is 29.3 Å². The maximum Gasteiger partial charge on any atom is 0.227 e. The van der Waals surface area contributed by atoms with E-state index >= 15 is 0 Å². The Morgan fingerprint density at radius 2 is 1.66 bits per heavy atom. The molecule has 8 nitrogen and oxygen atoms in total. The Balaban J connectivity index is 1.47. The van der Waals surface area contributed by atoms with E-state index in [4.69, 9.17) is 14.2 Å². The van der Waals surface area contributed by atoms with Crippen molar-refractivity contribution in [2.24, 2.45) is 0 Å². The number of fused-ring (bicyclic) bond motifs is 7. The van der Waals surface area contributed by atoms with Crippen molar-refractivity contribution in [1.82, 2.24) is 14.9 Å². The van der Waals surface area contributed by atoms with E-state index in [-0.39, 0.29) is 19.0 Å². The molecule has 2 aromatic carbocycles. The zero-order chi connectivity index (χ0) is 24.2. The first-order valence-electron chi connectivity index (χ1n) is 11.6. The van der Waals surface area contributed by atoms with Gasteiger partial charge in [0.05, 0.1) is 24.6 Å². The number of hydrogen-bond donors (Lipinski definition) is 1. The summed E-state index contributed by atoms with van der Waals surface area (Å²) in [6.45, 7) is 4.70. The van der Waals surface area contributed by atoms with Crippen LogP contribution in [0.1, 0.15) is 0 Å². The van der Waals surface area contributed by atoms with Crippen LogP contribution in [-0.4, -0.2) is 74.5 Å². The Bertz CT molecular complexity index is 1190. The van der Waals surface area contributed by atoms with E-state index in [1.807, 2.05) is 18.2 Å². The van der Waals surface area contributed by atoms with Gasteiger partial charge in [-0.25, -0.2) is 14.4 Å². The summed E-state index contributed by atoms with van der Waals surface area (Å²) in [6, 6.07) is 10.0. The lowest BCUT2D eigenvalue weighted by atomic mass is 10.1. The molecule has 0 amide bonds. The molecule has 3 heterocycles. The van der Waals surface area contributed by atoms with Gasteiger partial charge >= 0.3 is 0 Å². The van der Waals surface area contributed by atoms with Crippen LogP contribution in [0.5, 0.6) is 11.5 Å². The lowest BCUT2D eigenvalue weighted by Crippen LogP contribution is -2.44.